The number of anilines is 3. The van der Waals surface area contributed by atoms with E-state index in [4.69, 9.17) is 25.3 Å². The average Bonchev–Trinajstić information content (AvgIpc) is 3.62. The highest BCUT2D eigenvalue weighted by Crippen LogP contribution is 2.45. The van der Waals surface area contributed by atoms with Gasteiger partial charge in [-0.05, 0) is 79.4 Å². The second-order valence-electron chi connectivity index (χ2n) is 16.2. The number of aliphatic carboxylic acids is 1. The van der Waals surface area contributed by atoms with Crippen LogP contribution >= 0.6 is 0 Å². The molecule has 17 heteroatoms. The van der Waals surface area contributed by atoms with Gasteiger partial charge in [0.05, 0.1) is 67.0 Å². The van der Waals surface area contributed by atoms with Gasteiger partial charge in [0.15, 0.2) is 11.5 Å². The minimum absolute atomic E-state index is 0.0728. The lowest BCUT2D eigenvalue weighted by molar-refractivity contribution is -0.139. The molecule has 0 saturated carbocycles. The number of benzene rings is 4. The summed E-state index contributed by atoms with van der Waals surface area (Å²) in [5.74, 6) is 0.365. The Morgan fingerprint density at radius 1 is 0.970 bits per heavy atom. The van der Waals surface area contributed by atoms with Crippen LogP contribution in [0.1, 0.15) is 49.6 Å². The number of pyridine rings is 1. The van der Waals surface area contributed by atoms with Crippen LogP contribution in [0.25, 0.3) is 50.3 Å². The molecule has 7 aromatic rings. The lowest BCUT2D eigenvalue weighted by Gasteiger charge is -2.30. The number of aromatic nitrogens is 4. The monoisotopic (exact) mass is 917 g/mol. The van der Waals surface area contributed by atoms with Crippen LogP contribution in [0.3, 0.4) is 0 Å². The van der Waals surface area contributed by atoms with E-state index in [1.54, 1.807) is 56.8 Å². The molecule has 6 N–H and O–H groups in total. The molecule has 4 heterocycles. The number of methoxy groups -OCH3 is 2. The molecule has 4 aromatic carbocycles. The Labute approximate surface area is 382 Å². The first kappa shape index (κ1) is 46.9. The van der Waals surface area contributed by atoms with E-state index >= 15 is 0 Å². The van der Waals surface area contributed by atoms with E-state index < -0.39 is 34.6 Å². The van der Waals surface area contributed by atoms with E-state index in [0.29, 0.717) is 70.6 Å². The van der Waals surface area contributed by atoms with Gasteiger partial charge >= 0.3 is 5.97 Å². The molecule has 8 rings (SSSR count). The molecule has 3 aromatic heterocycles. The standard InChI is InChI=1S/C25H26N6O4S.C24H26FNO4/c1-34-20-13-19-22(21(23(20)35-2)18-8-4-5-11-27-18)24(26)29-25(28-19)31-12-10-16-15(14-31)7-6-9-17(16)30-36(3,32)33;1-15(2)26-21-6-4-3-5-20(21)24(16-7-9-17(25)10-8-16)22(26)12-11-18(27)13-19(28)14-23(29)30/h4-9,11,13,30H,10,12,14H2,1-3H3,(H2,26,28,29);3-12,15,18-19,27-28H,13-14H2,1-2H3,(H,29,30)/b;12-11+/t;18-,19-/m.0/s1. The Bertz CT molecular complexity index is 3020. The van der Waals surface area contributed by atoms with E-state index in [9.17, 15) is 27.8 Å². The van der Waals surface area contributed by atoms with Crippen LogP contribution in [0, 0.1) is 5.82 Å². The van der Waals surface area contributed by atoms with E-state index in [1.807, 2.05) is 59.5 Å². The number of nitrogen functional groups attached to an aromatic ring is 1. The third-order valence-corrected chi connectivity index (χ3v) is 11.7. The quantitative estimate of drug-likeness (QED) is 0.0704. The SMILES string of the molecule is CC(C)n1c(/C=C/[C@H](O)C[C@H](O)CC(=O)O)c(-c2ccc(F)cc2)c2ccccc21.COc1cc2nc(N3CCc4c(cccc4NS(C)(=O)=O)C3)nc(N)c2c(-c2ccccn2)c1OC. The molecular weight excluding hydrogens is 866 g/mol. The van der Waals surface area contributed by atoms with Crippen LogP contribution in [-0.4, -0.2) is 88.5 Å². The first-order valence-corrected chi connectivity index (χ1v) is 23.1. The van der Waals surface area contributed by atoms with Gasteiger partial charge in [-0.15, -0.1) is 0 Å². The zero-order chi connectivity index (χ0) is 47.3. The normalized spacial score (nSPS) is 13.6. The molecule has 344 valence electrons. The Morgan fingerprint density at radius 3 is 2.38 bits per heavy atom. The molecule has 0 saturated heterocycles. The maximum absolute atomic E-state index is 13.5. The van der Waals surface area contributed by atoms with Crippen LogP contribution in [0.2, 0.25) is 0 Å². The number of carbonyl (C=O) groups is 1. The van der Waals surface area contributed by atoms with Crippen LogP contribution in [0.5, 0.6) is 11.5 Å². The number of sulfonamides is 1. The summed E-state index contributed by atoms with van der Waals surface area (Å²) >= 11 is 0. The van der Waals surface area contributed by atoms with Crippen molar-refractivity contribution >= 4 is 61.3 Å². The highest BCUT2D eigenvalue weighted by molar-refractivity contribution is 7.92. The zero-order valence-corrected chi connectivity index (χ0v) is 38.0. The minimum Gasteiger partial charge on any atom is -0.493 e. The second-order valence-corrected chi connectivity index (χ2v) is 17.9. The minimum atomic E-state index is -3.38. The Kier molecular flexibility index (Phi) is 14.2. The Balaban J connectivity index is 0.000000200. The zero-order valence-electron chi connectivity index (χ0n) is 37.1. The van der Waals surface area contributed by atoms with Crippen molar-refractivity contribution in [2.45, 2.75) is 57.9 Å². The average molecular weight is 918 g/mol. The van der Waals surface area contributed by atoms with Crippen molar-refractivity contribution in [3.63, 3.8) is 0 Å². The molecule has 0 unspecified atom stereocenters. The topological polar surface area (TPSA) is 215 Å². The molecule has 1 aliphatic rings. The van der Waals surface area contributed by atoms with Gasteiger partial charge in [0.1, 0.15) is 11.6 Å². The predicted molar refractivity (Wildman–Crippen MR) is 256 cm³/mol. The van der Waals surface area contributed by atoms with Gasteiger partial charge in [-0.3, -0.25) is 14.5 Å². The van der Waals surface area contributed by atoms with Gasteiger partial charge in [0.25, 0.3) is 0 Å². The van der Waals surface area contributed by atoms with Gasteiger partial charge in [-0.1, -0.05) is 54.6 Å². The van der Waals surface area contributed by atoms with Gasteiger partial charge in [0.2, 0.25) is 16.0 Å². The molecular formula is C49H52FN7O8S. The number of ether oxygens (including phenoxy) is 2. The maximum atomic E-state index is 13.5. The molecule has 15 nitrogen and oxygen atoms in total. The number of aliphatic hydroxyl groups excluding tert-OH is 2. The van der Waals surface area contributed by atoms with Crippen molar-refractivity contribution in [3.05, 3.63) is 126 Å². The summed E-state index contributed by atoms with van der Waals surface area (Å²) in [6.07, 6.45) is 4.20. The first-order chi connectivity index (χ1) is 31.6. The lowest BCUT2D eigenvalue weighted by atomic mass is 9.98. The molecule has 0 aliphatic carbocycles. The number of hydrogen-bond acceptors (Lipinski definition) is 12. The number of rotatable bonds is 14. The van der Waals surface area contributed by atoms with Crippen molar-refractivity contribution in [2.24, 2.45) is 0 Å². The maximum Gasteiger partial charge on any atom is 0.305 e. The number of aliphatic hydroxyl groups is 2. The fourth-order valence-corrected chi connectivity index (χ4v) is 8.96. The van der Waals surface area contributed by atoms with E-state index in [1.165, 1.54) is 12.1 Å². The van der Waals surface area contributed by atoms with Crippen molar-refractivity contribution in [1.82, 2.24) is 19.5 Å². The Morgan fingerprint density at radius 2 is 1.71 bits per heavy atom. The van der Waals surface area contributed by atoms with Crippen LogP contribution in [0.4, 0.5) is 21.8 Å². The summed E-state index contributed by atoms with van der Waals surface area (Å²) in [7, 11) is -0.238. The van der Waals surface area contributed by atoms with Crippen molar-refractivity contribution < 1.29 is 42.4 Å². The van der Waals surface area contributed by atoms with E-state index in [-0.39, 0.29) is 18.3 Å². The lowest BCUT2D eigenvalue weighted by Crippen LogP contribution is -2.32. The number of fused-ring (bicyclic) bond motifs is 3. The molecule has 0 radical (unpaired) electrons. The fraction of sp³-hybridized carbons (Fsp3) is 0.265. The van der Waals surface area contributed by atoms with Gasteiger partial charge < -0.3 is 40.0 Å². The van der Waals surface area contributed by atoms with Gasteiger partial charge in [-0.25, -0.2) is 17.8 Å². The van der Waals surface area contributed by atoms with Crippen LogP contribution in [0.15, 0.2) is 103 Å². The number of nitrogens with one attached hydrogen (secondary N) is 1. The molecule has 0 amide bonds. The summed E-state index contributed by atoms with van der Waals surface area (Å²) < 4.78 is 53.1. The third kappa shape index (κ3) is 10.4. The van der Waals surface area contributed by atoms with Crippen molar-refractivity contribution in [2.75, 3.05) is 42.4 Å². The first-order valence-electron chi connectivity index (χ1n) is 21.2. The largest absolute Gasteiger partial charge is 0.493 e. The third-order valence-electron chi connectivity index (χ3n) is 11.1. The molecule has 1 aliphatic heterocycles. The summed E-state index contributed by atoms with van der Waals surface area (Å²) in [5.41, 5.74) is 14.7. The van der Waals surface area contributed by atoms with Gasteiger partial charge in [-0.2, -0.15) is 4.98 Å². The number of nitrogens with zero attached hydrogens (tertiary/aromatic N) is 5. The highest BCUT2D eigenvalue weighted by Gasteiger charge is 2.26. The summed E-state index contributed by atoms with van der Waals surface area (Å²) in [5, 5.41) is 30.5. The predicted octanol–water partition coefficient (Wildman–Crippen LogP) is 7.85. The number of carboxylic acids is 1. The molecule has 66 heavy (non-hydrogen) atoms. The number of hydrogen-bond donors (Lipinski definition) is 5. The van der Waals surface area contributed by atoms with E-state index in [0.717, 1.165) is 45.1 Å². The fourth-order valence-electron chi connectivity index (χ4n) is 8.36. The summed E-state index contributed by atoms with van der Waals surface area (Å²) in [6, 6.07) is 27.3. The number of nitrogens with two attached hydrogens (primary N) is 1. The molecule has 2 atom stereocenters. The number of para-hydroxylation sites is 1. The highest BCUT2D eigenvalue weighted by atomic mass is 32.2. The van der Waals surface area contributed by atoms with Gasteiger partial charge in [0, 0.05) is 60.0 Å². The smallest absolute Gasteiger partial charge is 0.305 e. The number of halogens is 1. The molecule has 0 spiro atoms. The van der Waals surface area contributed by atoms with Crippen LogP contribution < -0.4 is 24.8 Å². The molecule has 0 bridgehead atoms. The van der Waals surface area contributed by atoms with Crippen LogP contribution in [-0.2, 0) is 27.8 Å². The van der Waals surface area contributed by atoms with Crippen molar-refractivity contribution in [1.29, 1.82) is 0 Å². The van der Waals surface area contributed by atoms with Crippen molar-refractivity contribution in [3.8, 4) is 33.9 Å². The second kappa shape index (κ2) is 20.0. The summed E-state index contributed by atoms with van der Waals surface area (Å²) in [6.45, 7) is 5.23. The Hall–Kier alpha value is -7.08. The summed E-state index contributed by atoms with van der Waals surface area (Å²) in [4.78, 5) is 26.7. The number of carboxylic acid groups (broad SMARTS) is 1. The van der Waals surface area contributed by atoms with E-state index in [2.05, 4.69) is 33.1 Å². The molecule has 0 fully saturated rings.